The van der Waals surface area contributed by atoms with Gasteiger partial charge in [0.1, 0.15) is 5.75 Å². The minimum Gasteiger partial charge on any atom is -0.497 e. The number of rotatable bonds is 3. The van der Waals surface area contributed by atoms with E-state index in [1.807, 2.05) is 31.2 Å². The second-order valence-corrected chi connectivity index (χ2v) is 2.92. The van der Waals surface area contributed by atoms with Crippen LogP contribution in [0.2, 0.25) is 0 Å². The van der Waals surface area contributed by atoms with Crippen molar-refractivity contribution in [3.8, 4) is 5.75 Å². The molecule has 2 N–H and O–H groups in total. The molecule has 2 nitrogen and oxygen atoms in total. The fourth-order valence-electron chi connectivity index (χ4n) is 1.19. The monoisotopic (exact) mass is 177 g/mol. The largest absolute Gasteiger partial charge is 0.497 e. The van der Waals surface area contributed by atoms with E-state index in [2.05, 4.69) is 6.07 Å². The zero-order valence-corrected chi connectivity index (χ0v) is 8.08. The average Bonchev–Trinajstić information content (AvgIpc) is 2.14. The summed E-state index contributed by atoms with van der Waals surface area (Å²) in [7, 11) is 1.67. The first-order chi connectivity index (χ1) is 6.26. The minimum atomic E-state index is 0.566. The van der Waals surface area contributed by atoms with Crippen LogP contribution >= 0.6 is 0 Å². The van der Waals surface area contributed by atoms with Crippen LogP contribution in [0.25, 0.3) is 6.08 Å². The van der Waals surface area contributed by atoms with E-state index < -0.39 is 0 Å². The fraction of sp³-hybridized carbons (Fsp3) is 0.273. The van der Waals surface area contributed by atoms with Crippen LogP contribution in [0.1, 0.15) is 11.1 Å². The Bertz CT molecular complexity index is 305. The molecule has 0 aliphatic heterocycles. The van der Waals surface area contributed by atoms with Gasteiger partial charge in [0, 0.05) is 6.54 Å². The molecule has 1 rings (SSSR count). The molecule has 0 atom stereocenters. The van der Waals surface area contributed by atoms with Crippen LogP contribution in [-0.4, -0.2) is 13.7 Å². The average molecular weight is 177 g/mol. The number of benzene rings is 1. The standard InChI is InChI=1S/C11H15NO/c1-9-6-10(4-3-5-12)8-11(7-9)13-2/h3-4,6-8H,5,12H2,1-2H3/b4-3+. The third-order valence-corrected chi connectivity index (χ3v) is 1.76. The predicted octanol–water partition coefficient (Wildman–Crippen LogP) is 1.98. The molecule has 0 heterocycles. The van der Waals surface area contributed by atoms with Crippen LogP contribution in [0.4, 0.5) is 0 Å². The zero-order valence-electron chi connectivity index (χ0n) is 8.08. The van der Waals surface area contributed by atoms with Gasteiger partial charge in [-0.15, -0.1) is 0 Å². The van der Waals surface area contributed by atoms with Gasteiger partial charge in [0.05, 0.1) is 7.11 Å². The lowest BCUT2D eigenvalue weighted by molar-refractivity contribution is 0.414. The molecule has 0 aliphatic rings. The molecule has 0 amide bonds. The third kappa shape index (κ3) is 2.92. The van der Waals surface area contributed by atoms with Crippen LogP contribution < -0.4 is 10.5 Å². The normalized spacial score (nSPS) is 10.7. The first-order valence-electron chi connectivity index (χ1n) is 4.28. The van der Waals surface area contributed by atoms with Gasteiger partial charge in [-0.1, -0.05) is 18.2 Å². The van der Waals surface area contributed by atoms with Crippen molar-refractivity contribution in [3.05, 3.63) is 35.4 Å². The summed E-state index contributed by atoms with van der Waals surface area (Å²) in [6.45, 7) is 2.61. The molecule has 1 aromatic rings. The lowest BCUT2D eigenvalue weighted by Crippen LogP contribution is -1.92. The van der Waals surface area contributed by atoms with E-state index in [9.17, 15) is 0 Å². The lowest BCUT2D eigenvalue weighted by Gasteiger charge is -2.02. The van der Waals surface area contributed by atoms with Crippen LogP contribution in [0.3, 0.4) is 0 Å². The third-order valence-electron chi connectivity index (χ3n) is 1.76. The number of hydrogen-bond acceptors (Lipinski definition) is 2. The summed E-state index contributed by atoms with van der Waals surface area (Å²) in [5, 5.41) is 0. The van der Waals surface area contributed by atoms with E-state index >= 15 is 0 Å². The number of methoxy groups -OCH3 is 1. The van der Waals surface area contributed by atoms with Crippen molar-refractivity contribution >= 4 is 6.08 Å². The molecule has 0 unspecified atom stereocenters. The molecule has 0 saturated heterocycles. The van der Waals surface area contributed by atoms with Gasteiger partial charge in [-0.2, -0.15) is 0 Å². The highest BCUT2D eigenvalue weighted by Gasteiger charge is 1.94. The van der Waals surface area contributed by atoms with Crippen LogP contribution in [0.15, 0.2) is 24.3 Å². The van der Waals surface area contributed by atoms with Crippen molar-refractivity contribution in [1.82, 2.24) is 0 Å². The Morgan fingerprint density at radius 1 is 1.38 bits per heavy atom. The Morgan fingerprint density at radius 3 is 2.77 bits per heavy atom. The van der Waals surface area contributed by atoms with Gasteiger partial charge in [-0.05, 0) is 30.2 Å². The first-order valence-corrected chi connectivity index (χ1v) is 4.28. The summed E-state index contributed by atoms with van der Waals surface area (Å²) in [6.07, 6.45) is 3.92. The van der Waals surface area contributed by atoms with E-state index in [0.717, 1.165) is 11.3 Å². The number of hydrogen-bond donors (Lipinski definition) is 1. The van der Waals surface area contributed by atoms with Crippen molar-refractivity contribution in [3.63, 3.8) is 0 Å². The van der Waals surface area contributed by atoms with Crippen molar-refractivity contribution in [2.45, 2.75) is 6.92 Å². The van der Waals surface area contributed by atoms with Crippen molar-refractivity contribution in [2.24, 2.45) is 5.73 Å². The lowest BCUT2D eigenvalue weighted by atomic mass is 10.1. The summed E-state index contributed by atoms with van der Waals surface area (Å²) in [4.78, 5) is 0. The summed E-state index contributed by atoms with van der Waals surface area (Å²) < 4.78 is 5.15. The van der Waals surface area contributed by atoms with Gasteiger partial charge in [-0.25, -0.2) is 0 Å². The molecule has 0 spiro atoms. The van der Waals surface area contributed by atoms with Crippen LogP contribution in [-0.2, 0) is 0 Å². The summed E-state index contributed by atoms with van der Waals surface area (Å²) in [5.74, 6) is 0.886. The maximum atomic E-state index is 5.37. The number of nitrogens with two attached hydrogens (primary N) is 1. The van der Waals surface area contributed by atoms with E-state index in [4.69, 9.17) is 10.5 Å². The Kier molecular flexibility index (Phi) is 3.53. The van der Waals surface area contributed by atoms with E-state index in [0.29, 0.717) is 6.54 Å². The number of ether oxygens (including phenoxy) is 1. The van der Waals surface area contributed by atoms with Gasteiger partial charge in [-0.3, -0.25) is 0 Å². The molecule has 2 heteroatoms. The molecular weight excluding hydrogens is 162 g/mol. The number of aryl methyl sites for hydroxylation is 1. The molecule has 1 aromatic carbocycles. The molecule has 0 saturated carbocycles. The van der Waals surface area contributed by atoms with Crippen LogP contribution in [0.5, 0.6) is 5.75 Å². The SMILES string of the molecule is COc1cc(C)cc(/C=C/CN)c1. The molecule has 0 bridgehead atoms. The predicted molar refractivity (Wildman–Crippen MR) is 55.8 cm³/mol. The van der Waals surface area contributed by atoms with Gasteiger partial charge in [0.2, 0.25) is 0 Å². The summed E-state index contributed by atoms with van der Waals surface area (Å²) in [6, 6.07) is 6.08. The summed E-state index contributed by atoms with van der Waals surface area (Å²) >= 11 is 0. The molecule has 0 radical (unpaired) electrons. The topological polar surface area (TPSA) is 35.2 Å². The van der Waals surface area contributed by atoms with Gasteiger partial charge in [0.25, 0.3) is 0 Å². The van der Waals surface area contributed by atoms with E-state index in [-0.39, 0.29) is 0 Å². The Labute approximate surface area is 79.0 Å². The minimum absolute atomic E-state index is 0.566. The highest BCUT2D eigenvalue weighted by atomic mass is 16.5. The molecular formula is C11H15NO. The molecule has 0 aliphatic carbocycles. The van der Waals surface area contributed by atoms with Gasteiger partial charge in [0.15, 0.2) is 0 Å². The Hall–Kier alpha value is -1.28. The first kappa shape index (κ1) is 9.81. The fourth-order valence-corrected chi connectivity index (χ4v) is 1.19. The van der Waals surface area contributed by atoms with Gasteiger partial charge >= 0.3 is 0 Å². The second kappa shape index (κ2) is 4.67. The molecule has 70 valence electrons. The smallest absolute Gasteiger partial charge is 0.119 e. The second-order valence-electron chi connectivity index (χ2n) is 2.92. The highest BCUT2D eigenvalue weighted by Crippen LogP contribution is 2.17. The molecule has 13 heavy (non-hydrogen) atoms. The van der Waals surface area contributed by atoms with Gasteiger partial charge < -0.3 is 10.5 Å². The molecule has 0 fully saturated rings. The van der Waals surface area contributed by atoms with Crippen molar-refractivity contribution < 1.29 is 4.74 Å². The van der Waals surface area contributed by atoms with Crippen molar-refractivity contribution in [1.29, 1.82) is 0 Å². The van der Waals surface area contributed by atoms with E-state index in [1.165, 1.54) is 5.56 Å². The zero-order chi connectivity index (χ0) is 9.68. The van der Waals surface area contributed by atoms with Crippen LogP contribution in [0, 0.1) is 6.92 Å². The quantitative estimate of drug-likeness (QED) is 0.766. The van der Waals surface area contributed by atoms with Crippen molar-refractivity contribution in [2.75, 3.05) is 13.7 Å². The maximum Gasteiger partial charge on any atom is 0.119 e. The Balaban J connectivity index is 2.94. The molecule has 0 aromatic heterocycles. The van der Waals surface area contributed by atoms with E-state index in [1.54, 1.807) is 7.11 Å². The summed E-state index contributed by atoms with van der Waals surface area (Å²) in [5.41, 5.74) is 7.68. The highest BCUT2D eigenvalue weighted by molar-refractivity contribution is 5.53. The Morgan fingerprint density at radius 2 is 2.15 bits per heavy atom. The maximum absolute atomic E-state index is 5.37.